The number of hydrogen-bond donors (Lipinski definition) is 1. The number of carbonyl (C=O) groups excluding carboxylic acids is 1. The Morgan fingerprint density at radius 2 is 1.89 bits per heavy atom. The van der Waals surface area contributed by atoms with Gasteiger partial charge in [0.25, 0.3) is 5.91 Å². The first kappa shape index (κ1) is 16.4. The summed E-state index contributed by atoms with van der Waals surface area (Å²) in [6, 6.07) is 15.5. The number of hydrogen-bond acceptors (Lipinski definition) is 5. The monoisotopic (exact) mass is 381 g/mol. The van der Waals surface area contributed by atoms with Gasteiger partial charge in [-0.2, -0.15) is 0 Å². The Morgan fingerprint density at radius 1 is 1.15 bits per heavy atom. The topological polar surface area (TPSA) is 86.3 Å². The maximum Gasteiger partial charge on any atom is 0.288 e. The first-order valence-electron chi connectivity index (χ1n) is 8.61. The van der Waals surface area contributed by atoms with Gasteiger partial charge in [0.15, 0.2) is 5.72 Å². The first-order valence-corrected chi connectivity index (χ1v) is 8.98. The smallest absolute Gasteiger partial charge is 0.288 e. The van der Waals surface area contributed by atoms with Gasteiger partial charge < -0.3 is 10.5 Å². The van der Waals surface area contributed by atoms with Gasteiger partial charge in [-0.15, -0.1) is 5.10 Å². The van der Waals surface area contributed by atoms with E-state index in [1.807, 2.05) is 48.5 Å². The Kier molecular flexibility index (Phi) is 3.58. The third kappa shape index (κ3) is 2.26. The molecule has 0 saturated carbocycles. The standard InChI is InChI=1S/C19H16ClN5O2/c20-14-7-3-1-5-12(14)19-13-6-2-4-8-15(13)25-16(11-24(19)9-10-27-19)22-18(23-25)17(21)26/h1-8H,9-11H2,(H2,21,26). The van der Waals surface area contributed by atoms with Gasteiger partial charge in [0.2, 0.25) is 5.82 Å². The number of carbonyl (C=O) groups is 1. The van der Waals surface area contributed by atoms with Crippen LogP contribution in [0.5, 0.6) is 0 Å². The molecular formula is C19H16ClN5O2. The molecule has 27 heavy (non-hydrogen) atoms. The summed E-state index contributed by atoms with van der Waals surface area (Å²) in [7, 11) is 0. The summed E-state index contributed by atoms with van der Waals surface area (Å²) in [6.45, 7) is 1.69. The van der Waals surface area contributed by atoms with Crippen molar-refractivity contribution in [2.75, 3.05) is 13.2 Å². The summed E-state index contributed by atoms with van der Waals surface area (Å²) in [5, 5.41) is 4.97. The highest BCUT2D eigenvalue weighted by molar-refractivity contribution is 6.31. The van der Waals surface area contributed by atoms with Crippen molar-refractivity contribution in [3.8, 4) is 5.69 Å². The third-order valence-corrected chi connectivity index (χ3v) is 5.41. The highest BCUT2D eigenvalue weighted by Gasteiger charge is 2.50. The van der Waals surface area contributed by atoms with Crippen LogP contribution in [0.1, 0.15) is 27.6 Å². The van der Waals surface area contributed by atoms with Crippen LogP contribution in [-0.2, 0) is 17.0 Å². The maximum atomic E-state index is 11.6. The number of amides is 1. The Hall–Kier alpha value is -2.74. The average Bonchev–Trinajstić information content (AvgIpc) is 3.26. The number of ether oxygens (including phenoxy) is 1. The van der Waals surface area contributed by atoms with Gasteiger partial charge in [0.1, 0.15) is 5.82 Å². The number of para-hydroxylation sites is 1. The molecule has 2 aromatic carbocycles. The van der Waals surface area contributed by atoms with Crippen molar-refractivity contribution in [1.82, 2.24) is 19.7 Å². The molecule has 2 N–H and O–H groups in total. The van der Waals surface area contributed by atoms with E-state index in [1.54, 1.807) is 4.68 Å². The van der Waals surface area contributed by atoms with E-state index in [2.05, 4.69) is 15.0 Å². The fraction of sp³-hybridized carbons (Fsp3) is 0.211. The molecule has 1 atom stereocenters. The number of rotatable bonds is 2. The van der Waals surface area contributed by atoms with Gasteiger partial charge in [-0.25, -0.2) is 9.67 Å². The van der Waals surface area contributed by atoms with E-state index in [0.717, 1.165) is 16.8 Å². The molecule has 7 nitrogen and oxygen atoms in total. The highest BCUT2D eigenvalue weighted by Crippen LogP contribution is 2.47. The quantitative estimate of drug-likeness (QED) is 0.734. The largest absolute Gasteiger partial charge is 0.363 e. The molecule has 0 spiro atoms. The Labute approximate surface area is 160 Å². The van der Waals surface area contributed by atoms with Crippen LogP contribution in [0.3, 0.4) is 0 Å². The summed E-state index contributed by atoms with van der Waals surface area (Å²) in [5.74, 6) is -0.0102. The second-order valence-corrected chi connectivity index (χ2v) is 6.95. The van der Waals surface area contributed by atoms with Crippen molar-refractivity contribution in [3.63, 3.8) is 0 Å². The number of halogens is 1. The molecule has 2 aliphatic heterocycles. The first-order chi connectivity index (χ1) is 13.1. The van der Waals surface area contributed by atoms with Crippen LogP contribution in [0.25, 0.3) is 5.69 Å². The SMILES string of the molecule is NC(=O)c1nc2n(n1)-c1ccccc1C1(c3ccccc3Cl)OCCN1C2. The second kappa shape index (κ2) is 5.88. The van der Waals surface area contributed by atoms with Crippen molar-refractivity contribution in [3.05, 3.63) is 76.3 Å². The molecule has 1 unspecified atom stereocenters. The van der Waals surface area contributed by atoms with Gasteiger partial charge in [-0.1, -0.05) is 48.0 Å². The number of nitrogens with two attached hydrogens (primary N) is 1. The van der Waals surface area contributed by atoms with E-state index < -0.39 is 11.6 Å². The molecule has 136 valence electrons. The zero-order valence-electron chi connectivity index (χ0n) is 14.3. The van der Waals surface area contributed by atoms with Crippen LogP contribution in [0.4, 0.5) is 0 Å². The summed E-state index contributed by atoms with van der Waals surface area (Å²) in [6.07, 6.45) is 0. The lowest BCUT2D eigenvalue weighted by Gasteiger charge is -2.37. The predicted molar refractivity (Wildman–Crippen MR) is 98.5 cm³/mol. The van der Waals surface area contributed by atoms with Crippen molar-refractivity contribution in [2.24, 2.45) is 5.73 Å². The lowest BCUT2D eigenvalue weighted by atomic mass is 9.92. The number of benzene rings is 2. The zero-order chi connectivity index (χ0) is 18.6. The molecule has 8 heteroatoms. The van der Waals surface area contributed by atoms with Crippen LogP contribution in [0.2, 0.25) is 5.02 Å². The molecule has 1 amide bonds. The van der Waals surface area contributed by atoms with Crippen LogP contribution in [0, 0.1) is 0 Å². The van der Waals surface area contributed by atoms with E-state index in [9.17, 15) is 4.79 Å². The van der Waals surface area contributed by atoms with Gasteiger partial charge in [0.05, 0.1) is 18.8 Å². The number of primary amides is 1. The van der Waals surface area contributed by atoms with E-state index in [1.165, 1.54) is 0 Å². The number of fused-ring (bicyclic) bond motifs is 5. The van der Waals surface area contributed by atoms with E-state index in [-0.39, 0.29) is 5.82 Å². The summed E-state index contributed by atoms with van der Waals surface area (Å²) in [5.41, 5.74) is 7.11. The lowest BCUT2D eigenvalue weighted by molar-refractivity contribution is -0.0550. The molecular weight excluding hydrogens is 366 g/mol. The van der Waals surface area contributed by atoms with Crippen LogP contribution >= 0.6 is 11.6 Å². The predicted octanol–water partition coefficient (Wildman–Crippen LogP) is 2.07. The van der Waals surface area contributed by atoms with E-state index in [0.29, 0.717) is 30.5 Å². The zero-order valence-corrected chi connectivity index (χ0v) is 15.1. The van der Waals surface area contributed by atoms with Crippen molar-refractivity contribution in [1.29, 1.82) is 0 Å². The van der Waals surface area contributed by atoms with Gasteiger partial charge in [-0.3, -0.25) is 9.69 Å². The van der Waals surface area contributed by atoms with Gasteiger partial charge in [0, 0.05) is 22.7 Å². The van der Waals surface area contributed by atoms with Crippen LogP contribution < -0.4 is 5.73 Å². The lowest BCUT2D eigenvalue weighted by Crippen LogP contribution is -2.42. The fourth-order valence-corrected chi connectivity index (χ4v) is 4.24. The third-order valence-electron chi connectivity index (χ3n) is 5.08. The molecule has 1 fully saturated rings. The molecule has 0 radical (unpaired) electrons. The fourth-order valence-electron chi connectivity index (χ4n) is 3.98. The highest BCUT2D eigenvalue weighted by atomic mass is 35.5. The number of aromatic nitrogens is 3. The van der Waals surface area contributed by atoms with E-state index in [4.69, 9.17) is 22.1 Å². The maximum absolute atomic E-state index is 11.6. The molecule has 0 bridgehead atoms. The van der Waals surface area contributed by atoms with Crippen molar-refractivity contribution >= 4 is 17.5 Å². The van der Waals surface area contributed by atoms with Crippen LogP contribution in [0.15, 0.2) is 48.5 Å². The summed E-state index contributed by atoms with van der Waals surface area (Å²) >= 11 is 6.58. The molecule has 3 aromatic rings. The minimum absolute atomic E-state index is 0.00478. The number of nitrogens with zero attached hydrogens (tertiary/aromatic N) is 4. The average molecular weight is 382 g/mol. The minimum Gasteiger partial charge on any atom is -0.363 e. The summed E-state index contributed by atoms with van der Waals surface area (Å²) < 4.78 is 8.05. The van der Waals surface area contributed by atoms with Crippen molar-refractivity contribution in [2.45, 2.75) is 12.3 Å². The molecule has 2 aliphatic rings. The van der Waals surface area contributed by atoms with E-state index >= 15 is 0 Å². The molecule has 5 rings (SSSR count). The van der Waals surface area contributed by atoms with Crippen molar-refractivity contribution < 1.29 is 9.53 Å². The molecule has 0 aliphatic carbocycles. The minimum atomic E-state index is -0.843. The Morgan fingerprint density at radius 3 is 2.67 bits per heavy atom. The van der Waals surface area contributed by atoms with Gasteiger partial charge >= 0.3 is 0 Å². The van der Waals surface area contributed by atoms with Crippen LogP contribution in [-0.4, -0.2) is 38.7 Å². The summed E-state index contributed by atoms with van der Waals surface area (Å²) in [4.78, 5) is 18.1. The molecule has 3 heterocycles. The Bertz CT molecular complexity index is 1070. The second-order valence-electron chi connectivity index (χ2n) is 6.54. The Balaban J connectivity index is 1.82. The molecule has 1 saturated heterocycles. The molecule has 1 aromatic heterocycles. The van der Waals surface area contributed by atoms with Gasteiger partial charge in [-0.05, 0) is 12.1 Å². The normalized spacial score (nSPS) is 21.2.